The number of ether oxygens (including phenoxy) is 1. The molecule has 3 atom stereocenters. The second kappa shape index (κ2) is 18.6. The number of carbonyl (C=O) groups excluding carboxylic acids is 4. The van der Waals surface area contributed by atoms with E-state index in [9.17, 15) is 24.3 Å². The minimum absolute atomic E-state index is 0.0220. The van der Waals surface area contributed by atoms with Crippen LogP contribution in [0.5, 0.6) is 5.75 Å². The van der Waals surface area contributed by atoms with E-state index in [4.69, 9.17) is 16.3 Å². The summed E-state index contributed by atoms with van der Waals surface area (Å²) in [6.07, 6.45) is 1.26. The highest BCUT2D eigenvalue weighted by Gasteiger charge is 2.30. The molecule has 5 N–H and O–H groups in total. The molecule has 2 aromatic rings. The fourth-order valence-electron chi connectivity index (χ4n) is 5.40. The van der Waals surface area contributed by atoms with Gasteiger partial charge < -0.3 is 31.1 Å². The number of rotatable bonds is 5. The third-order valence-electron chi connectivity index (χ3n) is 7.88. The molecule has 0 spiro atoms. The number of amides is 4. The SMILES string of the molecule is Cc1nn(C)c(Cl)c1CN1CCCCNC(=O)[C@H]([C@@H](C)O)NC(=O)[C@@H](CC(C)C)NC(=O)Cc2cccc(c2)OCC(=O)NCCC1. The maximum atomic E-state index is 13.3. The first-order chi connectivity index (χ1) is 22.3. The standard InChI is InChI=1S/C33H50ClN7O6/c1-21(2)16-27-32(45)38-30(23(4)42)33(46)36-12-6-7-14-41(19-26-22(3)39-40(5)31(26)34)15-9-13-35-29(44)20-47-25-11-8-10-24(17-25)18-28(43)37-27/h8,10-11,17,21,23,27,30,42H,6-7,9,12-16,18-20H2,1-5H3,(H,35,44)(H,36,46)(H,37,43)(H,38,45)/t23-,27-,30+/m1/s1. The molecule has 2 bridgehead atoms. The van der Waals surface area contributed by atoms with Gasteiger partial charge in [-0.25, -0.2) is 0 Å². The monoisotopic (exact) mass is 675 g/mol. The van der Waals surface area contributed by atoms with Crippen LogP contribution >= 0.6 is 11.6 Å². The first-order valence-corrected chi connectivity index (χ1v) is 16.7. The molecular formula is C33H50ClN7O6. The molecule has 0 saturated heterocycles. The summed E-state index contributed by atoms with van der Waals surface area (Å²) in [5.41, 5.74) is 2.44. The van der Waals surface area contributed by atoms with Crippen LogP contribution in [-0.4, -0.2) is 94.4 Å². The third-order valence-corrected chi connectivity index (χ3v) is 8.35. The van der Waals surface area contributed by atoms with E-state index in [0.29, 0.717) is 68.5 Å². The molecule has 0 unspecified atom stereocenters. The van der Waals surface area contributed by atoms with E-state index in [1.807, 2.05) is 20.8 Å². The number of hydrogen-bond donors (Lipinski definition) is 5. The van der Waals surface area contributed by atoms with Crippen molar-refractivity contribution in [3.05, 3.63) is 46.2 Å². The molecular weight excluding hydrogens is 626 g/mol. The summed E-state index contributed by atoms with van der Waals surface area (Å²) < 4.78 is 7.34. The lowest BCUT2D eigenvalue weighted by Gasteiger charge is -2.26. The maximum Gasteiger partial charge on any atom is 0.257 e. The van der Waals surface area contributed by atoms with Gasteiger partial charge in [0.05, 0.1) is 18.2 Å². The zero-order chi connectivity index (χ0) is 34.5. The predicted octanol–water partition coefficient (Wildman–Crippen LogP) is 1.62. The fourth-order valence-corrected chi connectivity index (χ4v) is 5.63. The average molecular weight is 676 g/mol. The van der Waals surface area contributed by atoms with Gasteiger partial charge in [-0.1, -0.05) is 37.6 Å². The van der Waals surface area contributed by atoms with Crippen molar-refractivity contribution in [1.29, 1.82) is 0 Å². The second-order valence-electron chi connectivity index (χ2n) is 12.5. The topological polar surface area (TPSA) is 167 Å². The molecule has 0 aliphatic carbocycles. The zero-order valence-corrected chi connectivity index (χ0v) is 28.9. The Morgan fingerprint density at radius 2 is 1.72 bits per heavy atom. The van der Waals surface area contributed by atoms with Gasteiger partial charge >= 0.3 is 0 Å². The van der Waals surface area contributed by atoms with Crippen molar-refractivity contribution in [2.45, 2.75) is 84.5 Å². The van der Waals surface area contributed by atoms with E-state index in [1.54, 1.807) is 36.0 Å². The highest BCUT2D eigenvalue weighted by molar-refractivity contribution is 6.30. The molecule has 1 aromatic heterocycles. The number of halogens is 1. The summed E-state index contributed by atoms with van der Waals surface area (Å²) in [5.74, 6) is -1.18. The summed E-state index contributed by atoms with van der Waals surface area (Å²) in [5, 5.41) is 26.5. The average Bonchev–Trinajstić information content (AvgIpc) is 3.24. The van der Waals surface area contributed by atoms with Crippen LogP contribution in [0, 0.1) is 12.8 Å². The molecule has 260 valence electrons. The highest BCUT2D eigenvalue weighted by atomic mass is 35.5. The first kappa shape index (κ1) is 37.8. The molecule has 1 aliphatic rings. The Morgan fingerprint density at radius 1 is 1.00 bits per heavy atom. The van der Waals surface area contributed by atoms with Crippen LogP contribution in [0.1, 0.15) is 63.3 Å². The Bertz CT molecular complexity index is 1360. The van der Waals surface area contributed by atoms with Gasteiger partial charge in [-0.05, 0) is 69.7 Å². The van der Waals surface area contributed by atoms with Crippen molar-refractivity contribution in [2.75, 3.05) is 32.8 Å². The zero-order valence-electron chi connectivity index (χ0n) is 28.1. The van der Waals surface area contributed by atoms with Crippen molar-refractivity contribution in [1.82, 2.24) is 35.9 Å². The maximum absolute atomic E-state index is 13.3. The molecule has 1 aromatic carbocycles. The van der Waals surface area contributed by atoms with Gasteiger partial charge in [-0.3, -0.25) is 28.8 Å². The largest absolute Gasteiger partial charge is 0.484 e. The molecule has 0 saturated carbocycles. The lowest BCUT2D eigenvalue weighted by molar-refractivity contribution is -0.134. The highest BCUT2D eigenvalue weighted by Crippen LogP contribution is 2.21. The molecule has 14 heteroatoms. The van der Waals surface area contributed by atoms with Crippen LogP contribution in [0.4, 0.5) is 0 Å². The van der Waals surface area contributed by atoms with E-state index in [-0.39, 0.29) is 30.8 Å². The number of nitrogens with one attached hydrogen (secondary N) is 4. The molecule has 2 heterocycles. The summed E-state index contributed by atoms with van der Waals surface area (Å²) in [6.45, 7) is 9.83. The van der Waals surface area contributed by atoms with Crippen molar-refractivity contribution in [3.8, 4) is 5.75 Å². The quantitative estimate of drug-likeness (QED) is 0.319. The number of nitrogens with zero attached hydrogens (tertiary/aromatic N) is 3. The number of hydrogen-bond acceptors (Lipinski definition) is 8. The van der Waals surface area contributed by atoms with Crippen LogP contribution in [0.15, 0.2) is 24.3 Å². The van der Waals surface area contributed by atoms with Crippen LogP contribution in [0.2, 0.25) is 5.15 Å². The molecule has 4 amide bonds. The Labute approximate surface area is 282 Å². The lowest BCUT2D eigenvalue weighted by atomic mass is 10.0. The van der Waals surface area contributed by atoms with Gasteiger partial charge in [-0.15, -0.1) is 0 Å². The van der Waals surface area contributed by atoms with Gasteiger partial charge in [0.15, 0.2) is 6.61 Å². The van der Waals surface area contributed by atoms with E-state index in [1.165, 1.54) is 6.92 Å². The number of fused-ring (bicyclic) bond motifs is 2. The third kappa shape index (κ3) is 12.5. The Kier molecular flexibility index (Phi) is 15.0. The summed E-state index contributed by atoms with van der Waals surface area (Å²) >= 11 is 6.51. The van der Waals surface area contributed by atoms with Gasteiger partial charge in [0.1, 0.15) is 23.0 Å². The van der Waals surface area contributed by atoms with Crippen molar-refractivity contribution in [3.63, 3.8) is 0 Å². The van der Waals surface area contributed by atoms with Gasteiger partial charge in [0.25, 0.3) is 5.91 Å². The number of aromatic nitrogens is 2. The van der Waals surface area contributed by atoms with E-state index in [0.717, 1.165) is 17.7 Å². The number of aliphatic hydroxyl groups is 1. The first-order valence-electron chi connectivity index (χ1n) is 16.3. The minimum atomic E-state index is -1.18. The van der Waals surface area contributed by atoms with E-state index < -0.39 is 30.0 Å². The van der Waals surface area contributed by atoms with Crippen LogP contribution in [0.25, 0.3) is 0 Å². The smallest absolute Gasteiger partial charge is 0.257 e. The predicted molar refractivity (Wildman–Crippen MR) is 179 cm³/mol. The number of aryl methyl sites for hydroxylation is 2. The van der Waals surface area contributed by atoms with Gasteiger partial charge in [0.2, 0.25) is 17.7 Å². The second-order valence-corrected chi connectivity index (χ2v) is 12.9. The van der Waals surface area contributed by atoms with Gasteiger partial charge in [-0.2, -0.15) is 5.10 Å². The van der Waals surface area contributed by atoms with Crippen molar-refractivity contribution in [2.24, 2.45) is 13.0 Å². The minimum Gasteiger partial charge on any atom is -0.484 e. The summed E-state index contributed by atoms with van der Waals surface area (Å²) in [6, 6.07) is 4.78. The summed E-state index contributed by atoms with van der Waals surface area (Å²) in [7, 11) is 1.80. The number of benzene rings is 1. The Hall–Kier alpha value is -3.68. The molecule has 1 aliphatic heterocycles. The van der Waals surface area contributed by atoms with Crippen molar-refractivity contribution < 1.29 is 29.0 Å². The Balaban J connectivity index is 1.77. The molecule has 3 rings (SSSR count). The molecule has 0 fully saturated rings. The van der Waals surface area contributed by atoms with Gasteiger partial charge in [0, 0.05) is 38.8 Å². The van der Waals surface area contributed by atoms with Crippen LogP contribution < -0.4 is 26.0 Å². The normalized spacial score (nSPS) is 21.1. The number of carbonyl (C=O) groups is 4. The molecule has 47 heavy (non-hydrogen) atoms. The lowest BCUT2D eigenvalue weighted by Crippen LogP contribution is -2.57. The van der Waals surface area contributed by atoms with E-state index in [2.05, 4.69) is 31.3 Å². The number of aliphatic hydroxyl groups excluding tert-OH is 1. The summed E-state index contributed by atoms with van der Waals surface area (Å²) in [4.78, 5) is 54.1. The molecule has 0 radical (unpaired) electrons. The van der Waals surface area contributed by atoms with Crippen molar-refractivity contribution >= 4 is 35.2 Å². The van der Waals surface area contributed by atoms with E-state index >= 15 is 0 Å². The Morgan fingerprint density at radius 3 is 2.40 bits per heavy atom. The van der Waals surface area contributed by atoms with Crippen LogP contribution in [-0.2, 0) is 39.2 Å². The van der Waals surface area contributed by atoms with Crippen LogP contribution in [0.3, 0.4) is 0 Å². The molecule has 13 nitrogen and oxygen atoms in total. The fraction of sp³-hybridized carbons (Fsp3) is 0.606.